The van der Waals surface area contributed by atoms with Crippen LogP contribution in [0.5, 0.6) is 5.75 Å². The van der Waals surface area contributed by atoms with Gasteiger partial charge < -0.3 is 15.2 Å². The lowest BCUT2D eigenvalue weighted by atomic mass is 10.1. The fourth-order valence-corrected chi connectivity index (χ4v) is 2.53. The minimum atomic E-state index is -0.319. The molecule has 1 aromatic rings. The lowest BCUT2D eigenvalue weighted by Crippen LogP contribution is -2.35. The summed E-state index contributed by atoms with van der Waals surface area (Å²) in [6, 6.07) is 5.81. The van der Waals surface area contributed by atoms with Gasteiger partial charge in [-0.05, 0) is 50.1 Å². The van der Waals surface area contributed by atoms with Crippen molar-refractivity contribution in [1.29, 1.82) is 0 Å². The predicted molar refractivity (Wildman–Crippen MR) is 73.3 cm³/mol. The number of halogens is 1. The van der Waals surface area contributed by atoms with E-state index in [2.05, 4.69) is 5.32 Å². The van der Waals surface area contributed by atoms with Gasteiger partial charge in [-0.3, -0.25) is 0 Å². The molecule has 4 heteroatoms. The Bertz CT molecular complexity index is 391. The van der Waals surface area contributed by atoms with Gasteiger partial charge in [0.15, 0.2) is 0 Å². The average molecular weight is 270 g/mol. The van der Waals surface area contributed by atoms with E-state index in [4.69, 9.17) is 16.3 Å². The van der Waals surface area contributed by atoms with Crippen LogP contribution in [-0.2, 0) is 0 Å². The molecule has 0 radical (unpaired) electrons. The van der Waals surface area contributed by atoms with Crippen molar-refractivity contribution in [1.82, 2.24) is 5.32 Å². The summed E-state index contributed by atoms with van der Waals surface area (Å²) in [5.41, 5.74) is 1.02. The lowest BCUT2D eigenvalue weighted by molar-refractivity contribution is 0.107. The van der Waals surface area contributed by atoms with E-state index in [1.54, 1.807) is 0 Å². The molecule has 1 fully saturated rings. The lowest BCUT2D eigenvalue weighted by Gasteiger charge is -2.18. The maximum atomic E-state index is 9.98. The Hall–Kier alpha value is -0.770. The van der Waals surface area contributed by atoms with E-state index in [0.717, 1.165) is 35.7 Å². The first kappa shape index (κ1) is 13.7. The molecule has 0 amide bonds. The molecule has 1 saturated heterocycles. The summed E-state index contributed by atoms with van der Waals surface area (Å²) in [5, 5.41) is 14.0. The maximum Gasteiger partial charge on any atom is 0.122 e. The maximum absolute atomic E-state index is 9.98. The van der Waals surface area contributed by atoms with E-state index in [0.29, 0.717) is 13.0 Å². The van der Waals surface area contributed by atoms with Crippen molar-refractivity contribution in [2.45, 2.75) is 38.3 Å². The van der Waals surface area contributed by atoms with Crippen molar-refractivity contribution in [2.24, 2.45) is 0 Å². The van der Waals surface area contributed by atoms with Crippen molar-refractivity contribution >= 4 is 11.6 Å². The number of aliphatic hydroxyl groups excluding tert-OH is 1. The van der Waals surface area contributed by atoms with E-state index in [1.807, 2.05) is 25.1 Å². The van der Waals surface area contributed by atoms with Crippen molar-refractivity contribution in [3.05, 3.63) is 28.8 Å². The smallest absolute Gasteiger partial charge is 0.122 e. The number of ether oxygens (including phenoxy) is 1. The van der Waals surface area contributed by atoms with E-state index < -0.39 is 0 Å². The normalized spacial score (nSPS) is 20.9. The number of hydrogen-bond donors (Lipinski definition) is 2. The van der Waals surface area contributed by atoms with Crippen LogP contribution in [0.25, 0.3) is 0 Å². The van der Waals surface area contributed by atoms with Crippen molar-refractivity contribution < 1.29 is 9.84 Å². The number of aryl methyl sites for hydroxylation is 1. The van der Waals surface area contributed by atoms with Gasteiger partial charge in [-0.25, -0.2) is 0 Å². The largest absolute Gasteiger partial charge is 0.493 e. The van der Waals surface area contributed by atoms with Crippen LogP contribution in [-0.4, -0.2) is 30.4 Å². The summed E-state index contributed by atoms with van der Waals surface area (Å²) in [7, 11) is 0. The van der Waals surface area contributed by atoms with Gasteiger partial charge in [0.2, 0.25) is 0 Å². The molecule has 3 nitrogen and oxygen atoms in total. The Morgan fingerprint density at radius 2 is 2.39 bits per heavy atom. The van der Waals surface area contributed by atoms with Gasteiger partial charge in [0.25, 0.3) is 0 Å². The van der Waals surface area contributed by atoms with Crippen LogP contribution in [0.3, 0.4) is 0 Å². The molecular formula is C14H20ClNO2. The molecule has 1 aliphatic rings. The molecule has 0 spiro atoms. The fourth-order valence-electron chi connectivity index (χ4n) is 2.31. The molecule has 1 heterocycles. The molecule has 2 atom stereocenters. The quantitative estimate of drug-likeness (QED) is 0.863. The van der Waals surface area contributed by atoms with E-state index in [-0.39, 0.29) is 12.1 Å². The molecule has 0 bridgehead atoms. The first-order chi connectivity index (χ1) is 8.66. The zero-order valence-corrected chi connectivity index (χ0v) is 11.4. The van der Waals surface area contributed by atoms with Crippen molar-refractivity contribution in [3.8, 4) is 5.75 Å². The van der Waals surface area contributed by atoms with Crippen LogP contribution in [0, 0.1) is 6.92 Å². The van der Waals surface area contributed by atoms with Gasteiger partial charge in [0.1, 0.15) is 5.75 Å². The third-order valence-electron chi connectivity index (χ3n) is 3.37. The van der Waals surface area contributed by atoms with Crippen LogP contribution in [0.2, 0.25) is 5.02 Å². The van der Waals surface area contributed by atoms with E-state index in [9.17, 15) is 5.11 Å². The minimum Gasteiger partial charge on any atom is -0.493 e. The SMILES string of the molecule is Cc1cc(Cl)ccc1OCCC(O)C1CCCN1. The summed E-state index contributed by atoms with van der Waals surface area (Å²) in [6.45, 7) is 3.51. The first-order valence-corrected chi connectivity index (χ1v) is 6.85. The van der Waals surface area contributed by atoms with Gasteiger partial charge in [-0.15, -0.1) is 0 Å². The summed E-state index contributed by atoms with van der Waals surface area (Å²) in [4.78, 5) is 0. The molecule has 0 aromatic heterocycles. The summed E-state index contributed by atoms with van der Waals surface area (Å²) < 4.78 is 5.68. The van der Waals surface area contributed by atoms with Crippen LogP contribution in [0.4, 0.5) is 0 Å². The van der Waals surface area contributed by atoms with Gasteiger partial charge in [0, 0.05) is 17.5 Å². The average Bonchev–Trinajstić information content (AvgIpc) is 2.85. The van der Waals surface area contributed by atoms with Gasteiger partial charge in [-0.2, -0.15) is 0 Å². The minimum absolute atomic E-state index is 0.236. The molecule has 0 saturated carbocycles. The summed E-state index contributed by atoms with van der Waals surface area (Å²) in [6.07, 6.45) is 2.54. The van der Waals surface area contributed by atoms with Crippen molar-refractivity contribution in [3.63, 3.8) is 0 Å². The molecule has 2 N–H and O–H groups in total. The summed E-state index contributed by atoms with van der Waals surface area (Å²) in [5.74, 6) is 0.839. The summed E-state index contributed by atoms with van der Waals surface area (Å²) >= 11 is 5.88. The molecule has 100 valence electrons. The number of benzene rings is 1. The highest BCUT2D eigenvalue weighted by Gasteiger charge is 2.22. The molecule has 2 rings (SSSR count). The Labute approximate surface area is 113 Å². The topological polar surface area (TPSA) is 41.5 Å². The van der Waals surface area contributed by atoms with Gasteiger partial charge >= 0.3 is 0 Å². The zero-order valence-electron chi connectivity index (χ0n) is 10.7. The second-order valence-corrected chi connectivity index (χ2v) is 5.25. The Morgan fingerprint density at radius 1 is 1.56 bits per heavy atom. The van der Waals surface area contributed by atoms with Gasteiger partial charge in [-0.1, -0.05) is 11.6 Å². The fraction of sp³-hybridized carbons (Fsp3) is 0.571. The third-order valence-corrected chi connectivity index (χ3v) is 3.61. The van der Waals surface area contributed by atoms with E-state index >= 15 is 0 Å². The molecule has 1 aromatic carbocycles. The number of rotatable bonds is 5. The standard InChI is InChI=1S/C14H20ClNO2/c1-10-9-11(15)4-5-14(10)18-8-6-13(17)12-3-2-7-16-12/h4-5,9,12-13,16-17H,2-3,6-8H2,1H3. The number of aliphatic hydroxyl groups is 1. The Balaban J connectivity index is 1.77. The Kier molecular flexibility index (Phi) is 4.87. The number of nitrogens with one attached hydrogen (secondary N) is 1. The number of hydrogen-bond acceptors (Lipinski definition) is 3. The van der Waals surface area contributed by atoms with Crippen LogP contribution in [0.15, 0.2) is 18.2 Å². The molecule has 1 aliphatic heterocycles. The first-order valence-electron chi connectivity index (χ1n) is 6.47. The van der Waals surface area contributed by atoms with Crippen LogP contribution < -0.4 is 10.1 Å². The van der Waals surface area contributed by atoms with Gasteiger partial charge in [0.05, 0.1) is 12.7 Å². The Morgan fingerprint density at radius 3 is 3.06 bits per heavy atom. The molecule has 0 aliphatic carbocycles. The van der Waals surface area contributed by atoms with Crippen molar-refractivity contribution in [2.75, 3.05) is 13.2 Å². The molecular weight excluding hydrogens is 250 g/mol. The van der Waals surface area contributed by atoms with Crippen LogP contribution >= 0.6 is 11.6 Å². The second kappa shape index (κ2) is 6.41. The molecule has 18 heavy (non-hydrogen) atoms. The highest BCUT2D eigenvalue weighted by atomic mass is 35.5. The predicted octanol–water partition coefficient (Wildman–Crippen LogP) is 2.53. The second-order valence-electron chi connectivity index (χ2n) is 4.82. The third kappa shape index (κ3) is 3.61. The monoisotopic (exact) mass is 269 g/mol. The highest BCUT2D eigenvalue weighted by Crippen LogP contribution is 2.22. The highest BCUT2D eigenvalue weighted by molar-refractivity contribution is 6.30. The van der Waals surface area contributed by atoms with Crippen LogP contribution in [0.1, 0.15) is 24.8 Å². The zero-order chi connectivity index (χ0) is 13.0. The van der Waals surface area contributed by atoms with E-state index in [1.165, 1.54) is 0 Å². The molecule has 2 unspecified atom stereocenters.